The Kier molecular flexibility index (Phi) is 12.1. The zero-order chi connectivity index (χ0) is 43.7. The standard InChI is InChI=1S/C37H24N3O.C22H23N2.Ir/c1-40-34-21-9-8-20-31(34)39-37(40)30-19-11-18-29-28-17-10-16-27(35(28)41-36(29)30)26-22-32(24-12-4-2-5-13-24)38-33(23-26)25-14-6-3-7-15-25;1-24-21(16-23-22(24)20-10-6-3-7-11-20)19-14-12-18(13-15-19)17-8-4-2-5-9-17;/h2-18,20-23H,1H3;3,6-7,10,12-17H,2,4-5,8-9H2,1H3;/q2*-1;. The number of furan rings is 1. The van der Waals surface area contributed by atoms with Crippen LogP contribution in [0.1, 0.15) is 43.6 Å². The van der Waals surface area contributed by atoms with Gasteiger partial charge < -0.3 is 13.6 Å². The second-order valence-corrected chi connectivity index (χ2v) is 17.0. The summed E-state index contributed by atoms with van der Waals surface area (Å²) < 4.78 is 11.0. The van der Waals surface area contributed by atoms with E-state index in [9.17, 15) is 0 Å². The molecule has 1 radical (unpaired) electrons. The van der Waals surface area contributed by atoms with E-state index in [1.165, 1.54) is 43.2 Å². The van der Waals surface area contributed by atoms with Crippen LogP contribution in [0.2, 0.25) is 0 Å². The molecule has 4 heterocycles. The minimum Gasteiger partial charge on any atom is -0.500 e. The minimum absolute atomic E-state index is 0. The number of hydrogen-bond acceptors (Lipinski definition) is 4. The molecule has 0 saturated heterocycles. The van der Waals surface area contributed by atoms with Gasteiger partial charge in [0.05, 0.1) is 45.3 Å². The number of fused-ring (bicyclic) bond motifs is 4. The molecule has 0 aliphatic heterocycles. The maximum absolute atomic E-state index is 6.76. The average molecular weight is 1030 g/mol. The summed E-state index contributed by atoms with van der Waals surface area (Å²) in [6.45, 7) is 0. The van der Waals surface area contributed by atoms with Gasteiger partial charge in [0, 0.05) is 62.5 Å². The van der Waals surface area contributed by atoms with Gasteiger partial charge in [-0.1, -0.05) is 145 Å². The molecule has 0 amide bonds. The predicted octanol–water partition coefficient (Wildman–Crippen LogP) is 14.9. The van der Waals surface area contributed by atoms with Crippen LogP contribution in [0.25, 0.3) is 101 Å². The smallest absolute Gasteiger partial charge is 0.128 e. The Morgan fingerprint density at radius 2 is 1.23 bits per heavy atom. The Balaban J connectivity index is 0.000000175. The van der Waals surface area contributed by atoms with E-state index in [-0.39, 0.29) is 20.1 Å². The van der Waals surface area contributed by atoms with Crippen molar-refractivity contribution < 1.29 is 24.5 Å². The van der Waals surface area contributed by atoms with Gasteiger partial charge >= 0.3 is 0 Å². The van der Waals surface area contributed by atoms with Gasteiger partial charge in [-0.3, -0.25) is 9.97 Å². The zero-order valence-electron chi connectivity index (χ0n) is 36.9. The predicted molar refractivity (Wildman–Crippen MR) is 265 cm³/mol. The van der Waals surface area contributed by atoms with Crippen molar-refractivity contribution in [2.24, 2.45) is 14.1 Å². The van der Waals surface area contributed by atoms with E-state index in [0.29, 0.717) is 0 Å². The topological polar surface area (TPSA) is 61.7 Å². The van der Waals surface area contributed by atoms with Gasteiger partial charge in [0.15, 0.2) is 0 Å². The third-order valence-corrected chi connectivity index (χ3v) is 13.0. The van der Waals surface area contributed by atoms with E-state index in [1.54, 1.807) is 0 Å². The van der Waals surface area contributed by atoms with Crippen LogP contribution in [0, 0.1) is 12.1 Å². The maximum Gasteiger partial charge on any atom is 0.128 e. The summed E-state index contributed by atoms with van der Waals surface area (Å²) in [4.78, 5) is 14.6. The molecule has 1 aliphatic carbocycles. The first-order chi connectivity index (χ1) is 32.1. The number of imidazole rings is 2. The molecule has 12 rings (SSSR count). The third-order valence-electron chi connectivity index (χ3n) is 13.0. The van der Waals surface area contributed by atoms with Crippen molar-refractivity contribution in [1.82, 2.24) is 24.1 Å². The van der Waals surface area contributed by atoms with Gasteiger partial charge in [-0.15, -0.1) is 54.1 Å². The van der Waals surface area contributed by atoms with Gasteiger partial charge in [-0.25, -0.2) is 4.98 Å². The molecule has 0 bridgehead atoms. The number of nitrogens with zero attached hydrogens (tertiary/aromatic N) is 5. The second kappa shape index (κ2) is 18.7. The van der Waals surface area contributed by atoms with Crippen molar-refractivity contribution >= 4 is 33.0 Å². The average Bonchev–Trinajstić information content (AvgIpc) is 4.07. The van der Waals surface area contributed by atoms with Crippen LogP contribution < -0.4 is 0 Å². The summed E-state index contributed by atoms with van der Waals surface area (Å²) in [6, 6.07) is 67.3. The quantitative estimate of drug-likeness (QED) is 0.149. The number of pyridine rings is 1. The maximum atomic E-state index is 6.76. The fraction of sp³-hybridized carbons (Fsp3) is 0.136. The van der Waals surface area contributed by atoms with Crippen molar-refractivity contribution in [2.45, 2.75) is 38.0 Å². The first-order valence-electron chi connectivity index (χ1n) is 22.6. The third kappa shape index (κ3) is 8.21. The number of rotatable bonds is 7. The SMILES string of the molecule is Cn1c(-c2[c-]ccc3c2oc2c(-c4cc(-c5ccccc5)nc(-c5ccccc5)c4)cccc23)nc2ccccc21.Cn1c(-c2ccc(C3CCCCC3)cc2)cnc1-c1[c-]cccc1.[Ir]. The van der Waals surface area contributed by atoms with Crippen LogP contribution in [0.4, 0.5) is 0 Å². The minimum atomic E-state index is 0. The van der Waals surface area contributed by atoms with Crippen LogP contribution >= 0.6 is 0 Å². The monoisotopic (exact) mass is 1030 g/mol. The number of para-hydroxylation sites is 3. The molecule has 7 aromatic carbocycles. The fourth-order valence-electron chi connectivity index (χ4n) is 9.55. The van der Waals surface area contributed by atoms with E-state index >= 15 is 0 Å². The Morgan fingerprint density at radius 3 is 1.92 bits per heavy atom. The summed E-state index contributed by atoms with van der Waals surface area (Å²) in [5, 5.41) is 2.11. The van der Waals surface area contributed by atoms with Crippen LogP contribution in [-0.2, 0) is 34.2 Å². The summed E-state index contributed by atoms with van der Waals surface area (Å²) in [7, 11) is 4.12. The molecule has 4 aromatic heterocycles. The first-order valence-corrected chi connectivity index (χ1v) is 22.6. The van der Waals surface area contributed by atoms with Gasteiger partial charge in [0.2, 0.25) is 0 Å². The van der Waals surface area contributed by atoms with E-state index in [4.69, 9.17) is 14.4 Å². The first kappa shape index (κ1) is 42.8. The van der Waals surface area contributed by atoms with Gasteiger partial charge in [0.25, 0.3) is 0 Å². The molecule has 1 saturated carbocycles. The molecule has 0 spiro atoms. The summed E-state index contributed by atoms with van der Waals surface area (Å²) >= 11 is 0. The molecular formula is C59H47IrN5O-2. The van der Waals surface area contributed by atoms with Crippen molar-refractivity contribution in [1.29, 1.82) is 0 Å². The van der Waals surface area contributed by atoms with Crippen molar-refractivity contribution in [3.8, 4) is 67.7 Å². The fourth-order valence-corrected chi connectivity index (χ4v) is 9.55. The van der Waals surface area contributed by atoms with Crippen molar-refractivity contribution in [3.63, 3.8) is 0 Å². The van der Waals surface area contributed by atoms with E-state index in [2.05, 4.69) is 130 Å². The molecule has 0 N–H and O–H groups in total. The Bertz CT molecular complexity index is 3360. The van der Waals surface area contributed by atoms with Crippen molar-refractivity contribution in [3.05, 3.63) is 200 Å². The molecule has 1 aliphatic rings. The van der Waals surface area contributed by atoms with Gasteiger partial charge in [0.1, 0.15) is 5.58 Å². The Hall–Kier alpha value is -7.18. The molecule has 1 fully saturated rings. The Labute approximate surface area is 399 Å². The number of benzene rings is 7. The van der Waals surface area contributed by atoms with Crippen molar-refractivity contribution in [2.75, 3.05) is 0 Å². The van der Waals surface area contributed by atoms with Crippen LogP contribution in [0.5, 0.6) is 0 Å². The Morgan fingerprint density at radius 1 is 0.545 bits per heavy atom. The number of hydrogen-bond donors (Lipinski definition) is 0. The molecule has 66 heavy (non-hydrogen) atoms. The van der Waals surface area contributed by atoms with E-state index in [0.717, 1.165) is 101 Å². The summed E-state index contributed by atoms with van der Waals surface area (Å²) in [5.74, 6) is 2.55. The molecule has 0 atom stereocenters. The zero-order valence-corrected chi connectivity index (χ0v) is 39.3. The van der Waals surface area contributed by atoms with Crippen LogP contribution in [-0.4, -0.2) is 24.1 Å². The summed E-state index contributed by atoms with van der Waals surface area (Å²) in [6.07, 6.45) is 8.82. The van der Waals surface area contributed by atoms with Crippen LogP contribution in [0.3, 0.4) is 0 Å². The molecule has 6 nitrogen and oxygen atoms in total. The number of aromatic nitrogens is 5. The normalized spacial score (nSPS) is 12.8. The molecule has 325 valence electrons. The molecule has 11 aromatic rings. The molecule has 0 unspecified atom stereocenters. The largest absolute Gasteiger partial charge is 0.500 e. The van der Waals surface area contributed by atoms with Gasteiger partial charge in [-0.2, -0.15) is 0 Å². The summed E-state index contributed by atoms with van der Waals surface area (Å²) in [5.41, 5.74) is 15.5. The number of aryl methyl sites for hydroxylation is 1. The second-order valence-electron chi connectivity index (χ2n) is 17.0. The van der Waals surface area contributed by atoms with Gasteiger partial charge in [-0.05, 0) is 59.7 Å². The van der Waals surface area contributed by atoms with E-state index in [1.807, 2.05) is 92.1 Å². The molecule has 7 heteroatoms. The molecular weight excluding hydrogens is 987 g/mol. The van der Waals surface area contributed by atoms with E-state index < -0.39 is 0 Å². The van der Waals surface area contributed by atoms with Crippen LogP contribution in [0.15, 0.2) is 187 Å².